The van der Waals surface area contributed by atoms with Crippen molar-refractivity contribution in [1.82, 2.24) is 14.9 Å². The van der Waals surface area contributed by atoms with E-state index in [0.29, 0.717) is 23.1 Å². The van der Waals surface area contributed by atoms with E-state index in [1.807, 2.05) is 30.3 Å². The van der Waals surface area contributed by atoms with E-state index in [9.17, 15) is 14.4 Å². The van der Waals surface area contributed by atoms with Crippen LogP contribution in [0.4, 0.5) is 0 Å². The fourth-order valence-electron chi connectivity index (χ4n) is 3.27. The number of rotatable bonds is 6. The molecule has 0 saturated carbocycles. The highest BCUT2D eigenvalue weighted by atomic mass is 16.2. The summed E-state index contributed by atoms with van der Waals surface area (Å²) in [4.78, 5) is 39.1. The molecule has 0 aliphatic heterocycles. The van der Waals surface area contributed by atoms with Crippen LogP contribution >= 0.6 is 0 Å². The number of fused-ring (bicyclic) bond motifs is 1. The van der Waals surface area contributed by atoms with Crippen LogP contribution in [0.2, 0.25) is 0 Å². The molecule has 0 aliphatic rings. The molecule has 1 amide bonds. The monoisotopic (exact) mass is 365 g/mol. The zero-order valence-electron chi connectivity index (χ0n) is 15.5. The first-order valence-corrected chi connectivity index (χ1v) is 9.17. The first-order valence-electron chi connectivity index (χ1n) is 9.17. The molecule has 3 rings (SSSR count). The van der Waals surface area contributed by atoms with Gasteiger partial charge in [-0.25, -0.2) is 0 Å². The van der Waals surface area contributed by atoms with Crippen molar-refractivity contribution >= 4 is 16.9 Å². The summed E-state index contributed by atoms with van der Waals surface area (Å²) in [5, 5.41) is 3.07. The number of hydrogen-bond donors (Lipinski definition) is 2. The minimum atomic E-state index is -0.685. The van der Waals surface area contributed by atoms with Gasteiger partial charge in [0.2, 0.25) is 0 Å². The molecule has 1 unspecified atom stereocenters. The largest absolute Gasteiger partial charge is 0.345 e. The Kier molecular flexibility index (Phi) is 5.54. The molecule has 0 bridgehead atoms. The Hall–Kier alpha value is -3.15. The Labute approximate surface area is 156 Å². The fraction of sp³-hybridized carbons (Fsp3) is 0.286. The van der Waals surface area contributed by atoms with Crippen LogP contribution in [0.25, 0.3) is 11.0 Å². The van der Waals surface area contributed by atoms with Crippen LogP contribution in [0.5, 0.6) is 0 Å². The number of amides is 1. The van der Waals surface area contributed by atoms with Crippen LogP contribution in [0.15, 0.2) is 58.1 Å². The topological polar surface area (TPSA) is 84.0 Å². The van der Waals surface area contributed by atoms with Crippen molar-refractivity contribution in [1.29, 1.82) is 0 Å². The predicted molar refractivity (Wildman–Crippen MR) is 106 cm³/mol. The summed E-state index contributed by atoms with van der Waals surface area (Å²) in [5.41, 5.74) is 1.30. The molecule has 0 saturated heterocycles. The van der Waals surface area contributed by atoms with Crippen LogP contribution in [0.3, 0.4) is 0 Å². The number of carbonyl (C=O) groups is 1. The lowest BCUT2D eigenvalue weighted by Crippen LogP contribution is -2.36. The van der Waals surface area contributed by atoms with E-state index >= 15 is 0 Å². The standard InChI is InChI=1S/C21H23N3O3/c1-3-8-16(14-9-6-5-7-10-14)22-19(25)15-11-12-18-17(13-15)23-20(26)21(27)24(18)4-2/h5-7,9-13,16H,3-4,8H2,1-2H3,(H,22,25)(H,23,26). The van der Waals surface area contributed by atoms with Gasteiger partial charge >= 0.3 is 11.1 Å². The van der Waals surface area contributed by atoms with Gasteiger partial charge in [0.05, 0.1) is 17.1 Å². The third-order valence-electron chi connectivity index (χ3n) is 4.64. The molecule has 0 aliphatic carbocycles. The number of nitrogens with one attached hydrogen (secondary N) is 2. The fourth-order valence-corrected chi connectivity index (χ4v) is 3.27. The van der Waals surface area contributed by atoms with E-state index in [2.05, 4.69) is 17.2 Å². The van der Waals surface area contributed by atoms with Gasteiger partial charge in [-0.2, -0.15) is 0 Å². The Morgan fingerprint density at radius 2 is 1.85 bits per heavy atom. The Morgan fingerprint density at radius 3 is 2.52 bits per heavy atom. The molecule has 6 heteroatoms. The van der Waals surface area contributed by atoms with Gasteiger partial charge < -0.3 is 14.9 Å². The molecule has 6 nitrogen and oxygen atoms in total. The van der Waals surface area contributed by atoms with E-state index in [4.69, 9.17) is 0 Å². The third kappa shape index (κ3) is 3.84. The molecule has 2 aromatic carbocycles. The van der Waals surface area contributed by atoms with Crippen molar-refractivity contribution in [3.8, 4) is 0 Å². The van der Waals surface area contributed by atoms with Crippen molar-refractivity contribution < 1.29 is 4.79 Å². The molecule has 27 heavy (non-hydrogen) atoms. The molecular formula is C21H23N3O3. The van der Waals surface area contributed by atoms with Crippen LogP contribution in [-0.4, -0.2) is 15.5 Å². The summed E-state index contributed by atoms with van der Waals surface area (Å²) in [5.74, 6) is -0.214. The Bertz CT molecular complexity index is 1070. The number of carbonyl (C=O) groups excluding carboxylic acids is 1. The number of H-pyrrole nitrogens is 1. The minimum Gasteiger partial charge on any atom is -0.345 e. The highest BCUT2D eigenvalue weighted by Crippen LogP contribution is 2.19. The smallest absolute Gasteiger partial charge is 0.316 e. The number of benzene rings is 2. The van der Waals surface area contributed by atoms with Gasteiger partial charge in [-0.3, -0.25) is 14.4 Å². The molecule has 0 radical (unpaired) electrons. The average Bonchev–Trinajstić information content (AvgIpc) is 2.69. The van der Waals surface area contributed by atoms with Gasteiger partial charge in [0.1, 0.15) is 0 Å². The van der Waals surface area contributed by atoms with Gasteiger partial charge in [0, 0.05) is 12.1 Å². The van der Waals surface area contributed by atoms with Gasteiger partial charge in [-0.15, -0.1) is 0 Å². The summed E-state index contributed by atoms with van der Waals surface area (Å²) in [6.45, 7) is 4.26. The van der Waals surface area contributed by atoms with Crippen LogP contribution in [0.1, 0.15) is 48.7 Å². The van der Waals surface area contributed by atoms with Gasteiger partial charge in [-0.05, 0) is 37.1 Å². The molecule has 140 valence electrons. The lowest BCUT2D eigenvalue weighted by atomic mass is 10.0. The number of nitrogens with zero attached hydrogens (tertiary/aromatic N) is 1. The molecule has 2 N–H and O–H groups in total. The van der Waals surface area contributed by atoms with Gasteiger partial charge in [-0.1, -0.05) is 43.7 Å². The van der Waals surface area contributed by atoms with Gasteiger partial charge in [0.15, 0.2) is 0 Å². The second-order valence-corrected chi connectivity index (χ2v) is 6.46. The summed E-state index contributed by atoms with van der Waals surface area (Å²) in [6.07, 6.45) is 1.77. The molecule has 0 fully saturated rings. The molecule has 1 aromatic heterocycles. The predicted octanol–water partition coefficient (Wildman–Crippen LogP) is 2.98. The van der Waals surface area contributed by atoms with E-state index in [1.165, 1.54) is 4.57 Å². The van der Waals surface area contributed by atoms with E-state index in [-0.39, 0.29) is 11.9 Å². The SMILES string of the molecule is CCCC(NC(=O)c1ccc2c(c1)[nH]c(=O)c(=O)n2CC)c1ccccc1. The zero-order chi connectivity index (χ0) is 19.4. The van der Waals surface area contributed by atoms with Crippen molar-refractivity contribution in [2.24, 2.45) is 0 Å². The summed E-state index contributed by atoms with van der Waals surface area (Å²) in [7, 11) is 0. The maximum Gasteiger partial charge on any atom is 0.316 e. The molecular weight excluding hydrogens is 342 g/mol. The normalized spacial score (nSPS) is 12.1. The molecule has 0 spiro atoms. The van der Waals surface area contributed by atoms with Gasteiger partial charge in [0.25, 0.3) is 5.91 Å². The first-order chi connectivity index (χ1) is 13.0. The zero-order valence-corrected chi connectivity index (χ0v) is 15.5. The highest BCUT2D eigenvalue weighted by molar-refractivity contribution is 5.97. The van der Waals surface area contributed by atoms with Crippen molar-refractivity contribution in [3.63, 3.8) is 0 Å². The average molecular weight is 365 g/mol. The van der Waals surface area contributed by atoms with Crippen molar-refractivity contribution in [2.75, 3.05) is 0 Å². The maximum atomic E-state index is 12.8. The second kappa shape index (κ2) is 8.03. The lowest BCUT2D eigenvalue weighted by molar-refractivity contribution is 0.0934. The summed E-state index contributed by atoms with van der Waals surface area (Å²) in [6, 6.07) is 14.8. The van der Waals surface area contributed by atoms with Crippen molar-refractivity contribution in [3.05, 3.63) is 80.4 Å². The highest BCUT2D eigenvalue weighted by Gasteiger charge is 2.16. The van der Waals surface area contributed by atoms with Crippen molar-refractivity contribution in [2.45, 2.75) is 39.3 Å². The van der Waals surface area contributed by atoms with Crippen LogP contribution < -0.4 is 16.4 Å². The van der Waals surface area contributed by atoms with Crippen LogP contribution in [-0.2, 0) is 6.54 Å². The molecule has 3 aromatic rings. The summed E-state index contributed by atoms with van der Waals surface area (Å²) >= 11 is 0. The minimum absolute atomic E-state index is 0.0805. The first kappa shape index (κ1) is 18.6. The number of aryl methyl sites for hydroxylation is 1. The third-order valence-corrected chi connectivity index (χ3v) is 4.64. The number of aromatic nitrogens is 2. The number of hydrogen-bond acceptors (Lipinski definition) is 3. The second-order valence-electron chi connectivity index (χ2n) is 6.46. The maximum absolute atomic E-state index is 12.8. The van der Waals surface area contributed by atoms with E-state index in [1.54, 1.807) is 25.1 Å². The Morgan fingerprint density at radius 1 is 1.11 bits per heavy atom. The quantitative estimate of drug-likeness (QED) is 0.659. The Balaban J connectivity index is 1.94. The number of aromatic amines is 1. The van der Waals surface area contributed by atoms with Crippen LogP contribution in [0, 0.1) is 0 Å². The van der Waals surface area contributed by atoms with E-state index < -0.39 is 11.1 Å². The lowest BCUT2D eigenvalue weighted by Gasteiger charge is -2.19. The van der Waals surface area contributed by atoms with E-state index in [0.717, 1.165) is 18.4 Å². The summed E-state index contributed by atoms with van der Waals surface area (Å²) < 4.78 is 1.40. The molecule has 1 heterocycles. The molecule has 1 atom stereocenters.